The molecule has 1 rings (SSSR count). The lowest BCUT2D eigenvalue weighted by atomic mass is 10.0. The van der Waals surface area contributed by atoms with Crippen LogP contribution >= 0.6 is 0 Å². The highest BCUT2D eigenvalue weighted by Gasteiger charge is 2.16. The molecule has 0 saturated carbocycles. The molecule has 15 heavy (non-hydrogen) atoms. The monoisotopic (exact) mass is 208 g/mol. The minimum Gasteiger partial charge on any atom is -0.349 e. The first-order valence-corrected chi connectivity index (χ1v) is 5.36. The van der Waals surface area contributed by atoms with Crippen molar-refractivity contribution in [3.63, 3.8) is 0 Å². The van der Waals surface area contributed by atoms with Crippen LogP contribution in [0.2, 0.25) is 0 Å². The second kappa shape index (κ2) is 5.07. The molecule has 84 valence electrons. The van der Waals surface area contributed by atoms with Crippen LogP contribution < -0.4 is 11.1 Å². The number of nitrogens with two attached hydrogens (primary N) is 1. The Hall–Kier alpha value is -1.16. The molecule has 0 aliphatic heterocycles. The minimum absolute atomic E-state index is 0.0531. The van der Waals surface area contributed by atoms with Gasteiger partial charge in [0.1, 0.15) is 0 Å². The minimum atomic E-state index is -0.0531. The molecule has 3 N–H and O–H groups in total. The van der Waals surface area contributed by atoms with Gasteiger partial charge in [0.05, 0.1) is 0 Å². The van der Waals surface area contributed by atoms with Gasteiger partial charge in [-0.3, -0.25) is 0 Å². The zero-order chi connectivity index (χ0) is 11.3. The number of nitrogens with zero attached hydrogens (tertiary/aromatic N) is 2. The van der Waals surface area contributed by atoms with Gasteiger partial charge in [0.15, 0.2) is 0 Å². The van der Waals surface area contributed by atoms with E-state index in [9.17, 15) is 0 Å². The summed E-state index contributed by atoms with van der Waals surface area (Å²) >= 11 is 0. The first-order valence-electron chi connectivity index (χ1n) is 5.36. The normalized spacial score (nSPS) is 11.5. The molecule has 0 radical (unpaired) electrons. The zero-order valence-corrected chi connectivity index (χ0v) is 9.75. The Morgan fingerprint density at radius 1 is 1.33 bits per heavy atom. The maximum Gasteiger partial charge on any atom is 0.223 e. The first kappa shape index (κ1) is 11.9. The van der Waals surface area contributed by atoms with E-state index in [4.69, 9.17) is 5.73 Å². The number of hydrogen-bond donors (Lipinski definition) is 2. The average Bonchev–Trinajstić information content (AvgIpc) is 2.18. The molecule has 0 bridgehead atoms. The lowest BCUT2D eigenvalue weighted by Gasteiger charge is -2.25. The van der Waals surface area contributed by atoms with E-state index >= 15 is 0 Å². The van der Waals surface area contributed by atoms with Gasteiger partial charge in [0, 0.05) is 17.9 Å². The lowest BCUT2D eigenvalue weighted by Crippen LogP contribution is -2.34. The van der Waals surface area contributed by atoms with Crippen molar-refractivity contribution in [2.75, 3.05) is 11.9 Å². The van der Waals surface area contributed by atoms with Crippen LogP contribution in [-0.4, -0.2) is 22.1 Å². The summed E-state index contributed by atoms with van der Waals surface area (Å²) in [5.41, 5.74) is 6.63. The van der Waals surface area contributed by atoms with E-state index in [0.29, 0.717) is 12.5 Å². The van der Waals surface area contributed by atoms with Crippen molar-refractivity contribution in [3.8, 4) is 0 Å². The smallest absolute Gasteiger partial charge is 0.223 e. The van der Waals surface area contributed by atoms with Gasteiger partial charge in [-0.25, -0.2) is 9.97 Å². The van der Waals surface area contributed by atoms with E-state index in [2.05, 4.69) is 36.1 Å². The number of anilines is 1. The molecule has 0 spiro atoms. The summed E-state index contributed by atoms with van der Waals surface area (Å²) in [6, 6.07) is 0. The van der Waals surface area contributed by atoms with Crippen molar-refractivity contribution in [1.29, 1.82) is 0 Å². The summed E-state index contributed by atoms with van der Waals surface area (Å²) in [6.07, 6.45) is 5.57. The van der Waals surface area contributed by atoms with Crippen molar-refractivity contribution in [2.45, 2.75) is 39.2 Å². The number of hydrogen-bond acceptors (Lipinski definition) is 4. The standard InChI is InChI=1S/C11H20N4/c1-4-9-7-13-10(14-8-9)15-11(2,3)5-6-12/h7-8H,4-6,12H2,1-3H3,(H,13,14,15). The molecule has 0 aliphatic rings. The fourth-order valence-corrected chi connectivity index (χ4v) is 1.33. The second-order valence-corrected chi connectivity index (χ2v) is 4.32. The summed E-state index contributed by atoms with van der Waals surface area (Å²) in [4.78, 5) is 8.51. The van der Waals surface area contributed by atoms with Gasteiger partial charge in [0.25, 0.3) is 0 Å². The van der Waals surface area contributed by atoms with Gasteiger partial charge in [-0.05, 0) is 38.8 Å². The summed E-state index contributed by atoms with van der Waals surface area (Å²) in [5, 5.41) is 3.27. The fraction of sp³-hybridized carbons (Fsp3) is 0.636. The van der Waals surface area contributed by atoms with E-state index in [0.717, 1.165) is 18.4 Å². The van der Waals surface area contributed by atoms with Crippen LogP contribution in [-0.2, 0) is 6.42 Å². The molecule has 0 fully saturated rings. The van der Waals surface area contributed by atoms with Crippen LogP contribution in [0.25, 0.3) is 0 Å². The van der Waals surface area contributed by atoms with Crippen LogP contribution in [0.3, 0.4) is 0 Å². The van der Waals surface area contributed by atoms with Gasteiger partial charge in [0.2, 0.25) is 5.95 Å². The third kappa shape index (κ3) is 3.83. The molecular formula is C11H20N4. The molecule has 0 unspecified atom stereocenters. The average molecular weight is 208 g/mol. The van der Waals surface area contributed by atoms with E-state index in [1.54, 1.807) is 0 Å². The Bertz CT molecular complexity index is 292. The second-order valence-electron chi connectivity index (χ2n) is 4.32. The van der Waals surface area contributed by atoms with Gasteiger partial charge in [-0.1, -0.05) is 6.92 Å². The zero-order valence-electron chi connectivity index (χ0n) is 9.75. The molecule has 0 amide bonds. The Morgan fingerprint density at radius 2 is 1.93 bits per heavy atom. The van der Waals surface area contributed by atoms with Crippen LogP contribution in [0.5, 0.6) is 0 Å². The molecule has 0 atom stereocenters. The van der Waals surface area contributed by atoms with Gasteiger partial charge < -0.3 is 11.1 Å². The molecule has 1 aromatic rings. The largest absolute Gasteiger partial charge is 0.349 e. The van der Waals surface area contributed by atoms with Crippen molar-refractivity contribution in [2.24, 2.45) is 5.73 Å². The fourth-order valence-electron chi connectivity index (χ4n) is 1.33. The molecule has 0 saturated heterocycles. The van der Waals surface area contributed by atoms with Gasteiger partial charge in [-0.15, -0.1) is 0 Å². The van der Waals surface area contributed by atoms with Crippen LogP contribution in [0.15, 0.2) is 12.4 Å². The van der Waals surface area contributed by atoms with Crippen LogP contribution in [0.1, 0.15) is 32.8 Å². The van der Waals surface area contributed by atoms with Crippen molar-refractivity contribution < 1.29 is 0 Å². The van der Waals surface area contributed by atoms with Crippen LogP contribution in [0.4, 0.5) is 5.95 Å². The summed E-state index contributed by atoms with van der Waals surface area (Å²) < 4.78 is 0. The van der Waals surface area contributed by atoms with E-state index < -0.39 is 0 Å². The Balaban J connectivity index is 2.64. The van der Waals surface area contributed by atoms with E-state index in [-0.39, 0.29) is 5.54 Å². The predicted octanol–water partition coefficient (Wildman–Crippen LogP) is 1.58. The van der Waals surface area contributed by atoms with Crippen LogP contribution in [0, 0.1) is 0 Å². The Labute approximate surface area is 91.3 Å². The maximum absolute atomic E-state index is 5.53. The lowest BCUT2D eigenvalue weighted by molar-refractivity contribution is 0.522. The molecule has 4 nitrogen and oxygen atoms in total. The molecule has 1 heterocycles. The molecule has 0 aromatic carbocycles. The van der Waals surface area contributed by atoms with E-state index in [1.165, 1.54) is 0 Å². The summed E-state index contributed by atoms with van der Waals surface area (Å²) in [6.45, 7) is 6.94. The summed E-state index contributed by atoms with van der Waals surface area (Å²) in [7, 11) is 0. The third-order valence-corrected chi connectivity index (χ3v) is 2.33. The molecular weight excluding hydrogens is 188 g/mol. The third-order valence-electron chi connectivity index (χ3n) is 2.33. The number of nitrogens with one attached hydrogen (secondary N) is 1. The molecule has 4 heteroatoms. The topological polar surface area (TPSA) is 63.8 Å². The number of aryl methyl sites for hydroxylation is 1. The highest BCUT2D eigenvalue weighted by atomic mass is 15.1. The van der Waals surface area contributed by atoms with Gasteiger partial charge >= 0.3 is 0 Å². The SMILES string of the molecule is CCc1cnc(NC(C)(C)CCN)nc1. The first-order chi connectivity index (χ1) is 7.07. The summed E-state index contributed by atoms with van der Waals surface area (Å²) in [5.74, 6) is 0.672. The Morgan fingerprint density at radius 3 is 2.40 bits per heavy atom. The highest BCUT2D eigenvalue weighted by Crippen LogP contribution is 2.13. The van der Waals surface area contributed by atoms with Gasteiger partial charge in [-0.2, -0.15) is 0 Å². The van der Waals surface area contributed by atoms with Crippen molar-refractivity contribution in [1.82, 2.24) is 9.97 Å². The van der Waals surface area contributed by atoms with E-state index in [1.807, 2.05) is 12.4 Å². The number of rotatable bonds is 5. The maximum atomic E-state index is 5.53. The molecule has 1 aromatic heterocycles. The number of aromatic nitrogens is 2. The quantitative estimate of drug-likeness (QED) is 0.771. The van der Waals surface area contributed by atoms with Crippen molar-refractivity contribution >= 4 is 5.95 Å². The van der Waals surface area contributed by atoms with Crippen molar-refractivity contribution in [3.05, 3.63) is 18.0 Å². The Kier molecular flexibility index (Phi) is 4.03. The molecule has 0 aliphatic carbocycles. The highest BCUT2D eigenvalue weighted by molar-refractivity contribution is 5.28. The predicted molar refractivity (Wildman–Crippen MR) is 62.8 cm³/mol.